The van der Waals surface area contributed by atoms with E-state index in [-0.39, 0.29) is 5.69 Å². The van der Waals surface area contributed by atoms with Crippen molar-refractivity contribution in [3.8, 4) is 17.2 Å². The smallest absolute Gasteiger partial charge is 0.405 e. The maximum Gasteiger partial charge on any atom is 0.405 e. The van der Waals surface area contributed by atoms with Gasteiger partial charge in [-0.1, -0.05) is 48.0 Å². The monoisotopic (exact) mass is 526 g/mol. The highest BCUT2D eigenvalue weighted by Gasteiger charge is 2.38. The Kier molecular flexibility index (Phi) is 5.65. The molecule has 3 N–H and O–H groups in total. The molecular weight excluding hydrogens is 504 g/mol. The average Bonchev–Trinajstić information content (AvgIpc) is 3.52. The van der Waals surface area contributed by atoms with Gasteiger partial charge in [-0.3, -0.25) is 4.68 Å². The Balaban J connectivity index is 1.35. The fraction of sp³-hybridized carbons (Fsp3) is 0.222. The van der Waals surface area contributed by atoms with Gasteiger partial charge in [0.1, 0.15) is 11.7 Å². The molecule has 1 aliphatic heterocycles. The molecule has 1 amide bonds. The molecule has 0 bridgehead atoms. The van der Waals surface area contributed by atoms with Crippen LogP contribution in [0.15, 0.2) is 54.9 Å². The Bertz CT molecular complexity index is 1730. The minimum absolute atomic E-state index is 0.243. The molecule has 190 valence electrons. The summed E-state index contributed by atoms with van der Waals surface area (Å²) in [4.78, 5) is 26.2. The molecule has 4 heterocycles. The molecule has 2 aromatic carbocycles. The number of anilines is 1. The first-order chi connectivity index (χ1) is 18.4. The van der Waals surface area contributed by atoms with E-state index in [1.807, 2.05) is 60.6 Å². The van der Waals surface area contributed by atoms with Crippen molar-refractivity contribution >= 4 is 45.6 Å². The average molecular weight is 527 g/mol. The summed E-state index contributed by atoms with van der Waals surface area (Å²) in [5.74, 6) is 0.424. The number of aryl methyl sites for hydroxylation is 1. The predicted octanol–water partition coefficient (Wildman–Crippen LogP) is 4.80. The number of nitriles is 1. The number of nitrogens with one attached hydrogen (secondary N) is 2. The Hall–Kier alpha value is -4.62. The summed E-state index contributed by atoms with van der Waals surface area (Å²) < 4.78 is 1.71. The maximum atomic E-state index is 11.6. The van der Waals surface area contributed by atoms with E-state index in [1.54, 1.807) is 10.9 Å². The molecule has 38 heavy (non-hydrogen) atoms. The Morgan fingerprint density at radius 3 is 2.63 bits per heavy atom. The lowest BCUT2D eigenvalue weighted by atomic mass is 9.81. The van der Waals surface area contributed by atoms with Gasteiger partial charge in [0.2, 0.25) is 5.95 Å². The van der Waals surface area contributed by atoms with E-state index in [1.165, 1.54) is 0 Å². The summed E-state index contributed by atoms with van der Waals surface area (Å²) in [6, 6.07) is 15.6. The van der Waals surface area contributed by atoms with E-state index >= 15 is 0 Å². The van der Waals surface area contributed by atoms with Gasteiger partial charge in [0.05, 0.1) is 21.5 Å². The van der Waals surface area contributed by atoms with Gasteiger partial charge in [0, 0.05) is 49.0 Å². The van der Waals surface area contributed by atoms with E-state index in [0.717, 1.165) is 27.6 Å². The summed E-state index contributed by atoms with van der Waals surface area (Å²) in [5.41, 5.74) is 3.29. The number of rotatable bonds is 4. The lowest BCUT2D eigenvalue weighted by molar-refractivity contribution is 0.167. The van der Waals surface area contributed by atoms with Crippen LogP contribution in [-0.2, 0) is 12.6 Å². The van der Waals surface area contributed by atoms with Crippen LogP contribution < -0.4 is 10.2 Å². The highest BCUT2D eigenvalue weighted by molar-refractivity contribution is 6.38. The summed E-state index contributed by atoms with van der Waals surface area (Å²) in [5, 5.41) is 28.7. The molecule has 0 spiro atoms. The molecule has 11 heteroatoms. The van der Waals surface area contributed by atoms with Crippen LogP contribution in [0.25, 0.3) is 33.1 Å². The van der Waals surface area contributed by atoms with Crippen molar-refractivity contribution in [3.63, 3.8) is 0 Å². The summed E-state index contributed by atoms with van der Waals surface area (Å²) in [6.45, 7) is 1.03. The SMILES string of the molecule is Cn1cc2c(Cl)c(-c3c[nH]c4nc(N5CCC(NC(=O)O)(c6ccccc6)CC5)nc(C#N)c34)ccc2n1. The van der Waals surface area contributed by atoms with Gasteiger partial charge in [-0.05, 0) is 24.5 Å². The van der Waals surface area contributed by atoms with Gasteiger partial charge < -0.3 is 20.3 Å². The second kappa shape index (κ2) is 9.04. The molecule has 3 aromatic heterocycles. The first-order valence-corrected chi connectivity index (χ1v) is 12.5. The van der Waals surface area contributed by atoms with Gasteiger partial charge in [-0.15, -0.1) is 0 Å². The van der Waals surface area contributed by atoms with Gasteiger partial charge in [-0.2, -0.15) is 15.3 Å². The van der Waals surface area contributed by atoms with Crippen LogP contribution >= 0.6 is 11.6 Å². The number of aromatic amines is 1. The molecular formula is C27H23ClN8O2. The molecule has 6 rings (SSSR count). The van der Waals surface area contributed by atoms with E-state index in [2.05, 4.69) is 26.5 Å². The number of hydrogen-bond donors (Lipinski definition) is 3. The van der Waals surface area contributed by atoms with Crippen LogP contribution in [0.5, 0.6) is 0 Å². The molecule has 0 radical (unpaired) electrons. The van der Waals surface area contributed by atoms with Gasteiger partial charge in [-0.25, -0.2) is 9.78 Å². The summed E-state index contributed by atoms with van der Waals surface area (Å²) >= 11 is 6.76. The lowest BCUT2D eigenvalue weighted by Crippen LogP contribution is -2.53. The van der Waals surface area contributed by atoms with Crippen molar-refractivity contribution < 1.29 is 9.90 Å². The van der Waals surface area contributed by atoms with Crippen LogP contribution in [0.3, 0.4) is 0 Å². The molecule has 1 aliphatic rings. The molecule has 0 atom stereocenters. The van der Waals surface area contributed by atoms with Crippen molar-refractivity contribution in [2.45, 2.75) is 18.4 Å². The van der Waals surface area contributed by atoms with Crippen LogP contribution in [-0.4, -0.2) is 49.0 Å². The van der Waals surface area contributed by atoms with Crippen molar-refractivity contribution in [1.82, 2.24) is 30.0 Å². The normalized spacial score (nSPS) is 15.0. The highest BCUT2D eigenvalue weighted by Crippen LogP contribution is 2.39. The molecule has 1 fully saturated rings. The third-order valence-electron chi connectivity index (χ3n) is 7.23. The zero-order valence-electron chi connectivity index (χ0n) is 20.4. The van der Waals surface area contributed by atoms with Gasteiger partial charge in [0.15, 0.2) is 5.69 Å². The van der Waals surface area contributed by atoms with Crippen molar-refractivity contribution in [2.75, 3.05) is 18.0 Å². The van der Waals surface area contributed by atoms with Crippen molar-refractivity contribution in [1.29, 1.82) is 5.26 Å². The van der Waals surface area contributed by atoms with E-state index in [4.69, 9.17) is 16.6 Å². The first-order valence-electron chi connectivity index (χ1n) is 12.1. The largest absolute Gasteiger partial charge is 0.465 e. The third kappa shape index (κ3) is 3.88. The molecule has 10 nitrogen and oxygen atoms in total. The lowest BCUT2D eigenvalue weighted by Gasteiger charge is -2.42. The quantitative estimate of drug-likeness (QED) is 0.306. The number of hydrogen-bond acceptors (Lipinski definition) is 6. The number of amides is 1. The van der Waals surface area contributed by atoms with Crippen LogP contribution in [0.2, 0.25) is 5.02 Å². The fourth-order valence-electron chi connectivity index (χ4n) is 5.38. The van der Waals surface area contributed by atoms with Crippen molar-refractivity contribution in [3.05, 3.63) is 71.1 Å². The standard InChI is InChI=1S/C27H23ClN8O2/c1-35-15-19-20(34-35)8-7-17(23(19)28)18-14-30-24-22(18)21(13-29)31-25(32-24)36-11-9-27(10-12-36,33-26(37)38)16-5-3-2-4-6-16/h2-8,14-15,33H,9-12H2,1H3,(H,37,38)(H,30,31,32). The van der Waals surface area contributed by atoms with Crippen molar-refractivity contribution in [2.24, 2.45) is 7.05 Å². The van der Waals surface area contributed by atoms with E-state index < -0.39 is 11.6 Å². The topological polar surface area (TPSA) is 136 Å². The number of carboxylic acid groups (broad SMARTS) is 1. The summed E-state index contributed by atoms with van der Waals surface area (Å²) in [7, 11) is 1.84. The Labute approximate surface area is 222 Å². The van der Waals surface area contributed by atoms with Gasteiger partial charge >= 0.3 is 6.09 Å². The minimum Gasteiger partial charge on any atom is -0.465 e. The highest BCUT2D eigenvalue weighted by atomic mass is 35.5. The summed E-state index contributed by atoms with van der Waals surface area (Å²) in [6.07, 6.45) is 3.66. The second-order valence-electron chi connectivity index (χ2n) is 9.44. The fourth-order valence-corrected chi connectivity index (χ4v) is 5.69. The van der Waals surface area contributed by atoms with Gasteiger partial charge in [0.25, 0.3) is 0 Å². The molecule has 0 unspecified atom stereocenters. The molecule has 1 saturated heterocycles. The number of benzene rings is 2. The zero-order valence-corrected chi connectivity index (χ0v) is 21.2. The molecule has 0 saturated carbocycles. The second-order valence-corrected chi connectivity index (χ2v) is 9.82. The minimum atomic E-state index is -1.06. The number of nitrogens with zero attached hydrogens (tertiary/aromatic N) is 6. The number of halogens is 1. The molecule has 5 aromatic rings. The Morgan fingerprint density at radius 2 is 1.92 bits per heavy atom. The third-order valence-corrected chi connectivity index (χ3v) is 7.63. The number of fused-ring (bicyclic) bond motifs is 2. The van der Waals surface area contributed by atoms with Crippen LogP contribution in [0.4, 0.5) is 10.7 Å². The van der Waals surface area contributed by atoms with Crippen LogP contribution in [0, 0.1) is 11.3 Å². The van der Waals surface area contributed by atoms with E-state index in [9.17, 15) is 15.2 Å². The predicted molar refractivity (Wildman–Crippen MR) is 144 cm³/mol. The number of carbonyl (C=O) groups is 1. The van der Waals surface area contributed by atoms with Crippen LogP contribution in [0.1, 0.15) is 24.1 Å². The number of piperidine rings is 1. The first kappa shape index (κ1) is 23.8. The van der Waals surface area contributed by atoms with E-state index in [0.29, 0.717) is 47.9 Å². The maximum absolute atomic E-state index is 11.6. The number of H-pyrrole nitrogens is 1. The Morgan fingerprint density at radius 1 is 1.16 bits per heavy atom. The number of aromatic nitrogens is 5. The zero-order chi connectivity index (χ0) is 26.4. The molecule has 0 aliphatic carbocycles.